The molecule has 0 fully saturated rings. The van der Waals surface area contributed by atoms with Gasteiger partial charge in [0, 0.05) is 10.7 Å². The van der Waals surface area contributed by atoms with Crippen LogP contribution in [0.5, 0.6) is 5.75 Å². The number of carbonyl (C=O) groups is 2. The van der Waals surface area contributed by atoms with Gasteiger partial charge in [0.25, 0.3) is 0 Å². The molecule has 0 aliphatic rings. The lowest BCUT2D eigenvalue weighted by molar-refractivity contribution is 0.0690. The predicted molar refractivity (Wildman–Crippen MR) is 103 cm³/mol. The van der Waals surface area contributed by atoms with E-state index in [0.29, 0.717) is 11.3 Å². The number of anilines is 1. The molecule has 0 unspecified atom stereocenters. The molecular weight excluding hydrogens is 354 g/mol. The number of aromatic carboxylic acids is 1. The van der Waals surface area contributed by atoms with Crippen molar-refractivity contribution >= 4 is 29.0 Å². The van der Waals surface area contributed by atoms with Crippen molar-refractivity contribution in [3.8, 4) is 5.75 Å². The van der Waals surface area contributed by atoms with Crippen molar-refractivity contribution in [2.75, 3.05) is 12.3 Å². The number of hydrogen-bond acceptors (Lipinski definition) is 4. The van der Waals surface area contributed by atoms with Gasteiger partial charge in [0.05, 0.1) is 11.1 Å². The molecule has 0 aliphatic carbocycles. The molecule has 5 nitrogen and oxygen atoms in total. The topological polar surface area (TPSA) is 89.6 Å². The highest BCUT2D eigenvalue weighted by atomic mass is 35.5. The van der Waals surface area contributed by atoms with Crippen molar-refractivity contribution in [1.82, 2.24) is 0 Å². The third-order valence-electron chi connectivity index (χ3n) is 4.15. The van der Waals surface area contributed by atoms with E-state index in [9.17, 15) is 14.7 Å². The Morgan fingerprint density at radius 2 is 1.88 bits per heavy atom. The molecule has 0 aromatic heterocycles. The van der Waals surface area contributed by atoms with Crippen LogP contribution in [0, 0.1) is 6.92 Å². The minimum absolute atomic E-state index is 0.0580. The average molecular weight is 376 g/mol. The predicted octanol–water partition coefficient (Wildman–Crippen LogP) is 4.49. The van der Waals surface area contributed by atoms with Crippen LogP contribution in [0.25, 0.3) is 0 Å². The molecule has 2 aromatic rings. The van der Waals surface area contributed by atoms with Crippen molar-refractivity contribution in [1.29, 1.82) is 0 Å². The zero-order chi connectivity index (χ0) is 19.6. The number of rotatable bonds is 5. The van der Waals surface area contributed by atoms with E-state index in [2.05, 4.69) is 20.8 Å². The Kier molecular flexibility index (Phi) is 5.62. The van der Waals surface area contributed by atoms with Gasteiger partial charge < -0.3 is 15.6 Å². The maximum Gasteiger partial charge on any atom is 0.336 e. The molecule has 0 aliphatic heterocycles. The van der Waals surface area contributed by atoms with Crippen LogP contribution in [0.3, 0.4) is 0 Å². The van der Waals surface area contributed by atoms with Crippen LogP contribution in [0.15, 0.2) is 30.3 Å². The van der Waals surface area contributed by atoms with E-state index in [-0.39, 0.29) is 33.9 Å². The van der Waals surface area contributed by atoms with E-state index in [1.165, 1.54) is 6.07 Å². The fourth-order valence-corrected chi connectivity index (χ4v) is 2.72. The van der Waals surface area contributed by atoms with Gasteiger partial charge in [-0.2, -0.15) is 0 Å². The Morgan fingerprint density at radius 3 is 2.46 bits per heavy atom. The monoisotopic (exact) mass is 375 g/mol. The van der Waals surface area contributed by atoms with E-state index in [4.69, 9.17) is 22.1 Å². The molecule has 0 heterocycles. The highest BCUT2D eigenvalue weighted by molar-refractivity contribution is 6.32. The average Bonchev–Trinajstić information content (AvgIpc) is 2.56. The number of ether oxygens (including phenoxy) is 1. The van der Waals surface area contributed by atoms with E-state index in [0.717, 1.165) is 5.56 Å². The first-order chi connectivity index (χ1) is 12.0. The summed E-state index contributed by atoms with van der Waals surface area (Å²) in [5.74, 6) is -1.25. The molecule has 0 atom stereocenters. The first-order valence-corrected chi connectivity index (χ1v) is 8.48. The Bertz CT molecular complexity index is 869. The molecule has 0 bridgehead atoms. The van der Waals surface area contributed by atoms with Crippen molar-refractivity contribution in [3.63, 3.8) is 0 Å². The van der Waals surface area contributed by atoms with Gasteiger partial charge in [-0.15, -0.1) is 0 Å². The molecule has 26 heavy (non-hydrogen) atoms. The van der Waals surface area contributed by atoms with Crippen LogP contribution < -0.4 is 10.5 Å². The third-order valence-corrected chi connectivity index (χ3v) is 4.54. The summed E-state index contributed by atoms with van der Waals surface area (Å²) in [6, 6.07) is 8.68. The van der Waals surface area contributed by atoms with Crippen LogP contribution in [0.1, 0.15) is 52.6 Å². The van der Waals surface area contributed by atoms with Gasteiger partial charge in [-0.05, 0) is 41.7 Å². The molecule has 3 N–H and O–H groups in total. The lowest BCUT2D eigenvalue weighted by Crippen LogP contribution is -2.19. The number of hydrogen-bond donors (Lipinski definition) is 2. The fourth-order valence-electron chi connectivity index (χ4n) is 2.51. The normalized spacial score (nSPS) is 11.3. The first-order valence-electron chi connectivity index (χ1n) is 8.10. The van der Waals surface area contributed by atoms with Gasteiger partial charge in [-0.25, -0.2) is 4.79 Å². The second kappa shape index (κ2) is 7.38. The summed E-state index contributed by atoms with van der Waals surface area (Å²) in [6.07, 6.45) is 0. The van der Waals surface area contributed by atoms with E-state index in [1.54, 1.807) is 13.0 Å². The number of nitrogens with two attached hydrogens (primary N) is 1. The maximum atomic E-state index is 12.6. The second-order valence-corrected chi connectivity index (χ2v) is 7.52. The zero-order valence-electron chi connectivity index (χ0n) is 15.2. The number of carbonyl (C=O) groups excluding carboxylic acids is 1. The molecule has 6 heteroatoms. The molecule has 2 aromatic carbocycles. The molecule has 0 radical (unpaired) electrons. The van der Waals surface area contributed by atoms with Crippen LogP contribution >= 0.6 is 11.6 Å². The lowest BCUT2D eigenvalue weighted by Gasteiger charge is -2.20. The van der Waals surface area contributed by atoms with E-state index in [1.807, 2.05) is 18.2 Å². The van der Waals surface area contributed by atoms with Crippen LogP contribution in [0.4, 0.5) is 5.69 Å². The summed E-state index contributed by atoms with van der Waals surface area (Å²) in [5, 5.41) is 9.56. The van der Waals surface area contributed by atoms with Gasteiger partial charge in [-0.3, -0.25) is 4.79 Å². The molecular formula is C20H22ClNO4. The Labute approximate surface area is 157 Å². The van der Waals surface area contributed by atoms with Crippen LogP contribution in [0.2, 0.25) is 5.02 Å². The van der Waals surface area contributed by atoms with Crippen LogP contribution in [-0.4, -0.2) is 23.5 Å². The fraction of sp³-hybridized carbons (Fsp3) is 0.300. The standard InChI is InChI=1S/C20H22ClNO4/c1-11-15(21)9-14(19(24)25)17(18(11)22)16(23)10-26-13-7-5-6-12(8-13)20(2,3)4/h5-9H,10,22H2,1-4H3,(H,24,25). The maximum absolute atomic E-state index is 12.6. The number of benzene rings is 2. The summed E-state index contributed by atoms with van der Waals surface area (Å²) in [6.45, 7) is 7.54. The third kappa shape index (κ3) is 4.17. The van der Waals surface area contributed by atoms with Gasteiger partial charge in [0.1, 0.15) is 5.75 Å². The summed E-state index contributed by atoms with van der Waals surface area (Å²) >= 11 is 5.99. The smallest absolute Gasteiger partial charge is 0.336 e. The SMILES string of the molecule is Cc1c(Cl)cc(C(=O)O)c(C(=O)COc2cccc(C(C)(C)C)c2)c1N. The summed E-state index contributed by atoms with van der Waals surface area (Å²) in [4.78, 5) is 24.1. The molecule has 2 rings (SSSR count). The number of carboxylic acids is 1. The molecule has 0 saturated heterocycles. The highest BCUT2D eigenvalue weighted by Gasteiger charge is 2.23. The van der Waals surface area contributed by atoms with Crippen molar-refractivity contribution in [2.45, 2.75) is 33.1 Å². The van der Waals surface area contributed by atoms with Crippen molar-refractivity contribution < 1.29 is 19.4 Å². The minimum atomic E-state index is -1.27. The summed E-state index contributed by atoms with van der Waals surface area (Å²) in [7, 11) is 0. The van der Waals surface area contributed by atoms with Gasteiger partial charge in [0.2, 0.25) is 5.78 Å². The number of ketones is 1. The van der Waals surface area contributed by atoms with Gasteiger partial charge in [0.15, 0.2) is 6.61 Å². The minimum Gasteiger partial charge on any atom is -0.485 e. The number of nitrogen functional groups attached to an aromatic ring is 1. The Hall–Kier alpha value is -2.53. The van der Waals surface area contributed by atoms with E-state index < -0.39 is 11.8 Å². The first kappa shape index (κ1) is 19.8. The lowest BCUT2D eigenvalue weighted by atomic mass is 9.87. The summed E-state index contributed by atoms with van der Waals surface area (Å²) < 4.78 is 5.59. The quantitative estimate of drug-likeness (QED) is 0.593. The van der Waals surface area contributed by atoms with Gasteiger partial charge >= 0.3 is 5.97 Å². The molecule has 138 valence electrons. The molecule has 0 spiro atoms. The Balaban J connectivity index is 2.29. The van der Waals surface area contributed by atoms with Crippen molar-refractivity contribution in [3.05, 3.63) is 57.6 Å². The largest absolute Gasteiger partial charge is 0.485 e. The highest BCUT2D eigenvalue weighted by Crippen LogP contribution is 2.30. The molecule has 0 amide bonds. The zero-order valence-corrected chi connectivity index (χ0v) is 16.0. The van der Waals surface area contributed by atoms with Gasteiger partial charge in [-0.1, -0.05) is 44.5 Å². The van der Waals surface area contributed by atoms with E-state index >= 15 is 0 Å². The summed E-state index contributed by atoms with van der Waals surface area (Å²) in [5.41, 5.74) is 7.18. The van der Waals surface area contributed by atoms with Crippen LogP contribution in [-0.2, 0) is 5.41 Å². The number of carboxylic acid groups (broad SMARTS) is 1. The number of halogens is 1. The molecule has 0 saturated carbocycles. The second-order valence-electron chi connectivity index (χ2n) is 7.11. The number of Topliss-reactive ketones (excluding diaryl/α,β-unsaturated/α-hetero) is 1. The van der Waals surface area contributed by atoms with Crippen molar-refractivity contribution in [2.24, 2.45) is 0 Å². The Morgan fingerprint density at radius 1 is 1.23 bits per heavy atom.